The summed E-state index contributed by atoms with van der Waals surface area (Å²) in [7, 11) is 4.69. The standard InChI is InChI=1S/C20H23N3O5/c1-22-19(25)14-6-4-13(5-7-14)11-23(2)20(26)15-8-9-16(17(10-15)27-3)28-12-18(21)24/h4-10H,11-12H2,1-3H3,(H2,21,24)(H,22,25). The maximum Gasteiger partial charge on any atom is 0.255 e. The average Bonchev–Trinajstić information content (AvgIpc) is 2.71. The van der Waals surface area contributed by atoms with Gasteiger partial charge in [0.25, 0.3) is 17.7 Å². The number of carbonyl (C=O) groups is 3. The number of methoxy groups -OCH3 is 1. The highest BCUT2D eigenvalue weighted by Gasteiger charge is 2.16. The van der Waals surface area contributed by atoms with Gasteiger partial charge in [0.2, 0.25) is 0 Å². The van der Waals surface area contributed by atoms with Gasteiger partial charge in [0.1, 0.15) is 0 Å². The first-order valence-electron chi connectivity index (χ1n) is 8.51. The van der Waals surface area contributed by atoms with Crippen molar-refractivity contribution in [3.05, 3.63) is 59.2 Å². The first-order valence-corrected chi connectivity index (χ1v) is 8.51. The van der Waals surface area contributed by atoms with Gasteiger partial charge in [0, 0.05) is 31.8 Å². The summed E-state index contributed by atoms with van der Waals surface area (Å²) in [6, 6.07) is 11.7. The molecule has 0 aromatic heterocycles. The van der Waals surface area contributed by atoms with Crippen LogP contribution in [0, 0.1) is 0 Å². The van der Waals surface area contributed by atoms with Gasteiger partial charge in [-0.2, -0.15) is 0 Å². The van der Waals surface area contributed by atoms with E-state index in [-0.39, 0.29) is 18.4 Å². The molecule has 148 valence electrons. The summed E-state index contributed by atoms with van der Waals surface area (Å²) in [4.78, 5) is 36.7. The molecule has 0 saturated heterocycles. The van der Waals surface area contributed by atoms with Crippen molar-refractivity contribution in [2.75, 3.05) is 27.8 Å². The zero-order chi connectivity index (χ0) is 20.7. The number of hydrogen-bond acceptors (Lipinski definition) is 5. The Morgan fingerprint density at radius 1 is 1.04 bits per heavy atom. The fourth-order valence-corrected chi connectivity index (χ4v) is 2.54. The van der Waals surface area contributed by atoms with E-state index in [1.54, 1.807) is 61.5 Å². The minimum Gasteiger partial charge on any atom is -0.493 e. The van der Waals surface area contributed by atoms with E-state index in [0.29, 0.717) is 29.2 Å². The Morgan fingerprint density at radius 3 is 2.25 bits per heavy atom. The summed E-state index contributed by atoms with van der Waals surface area (Å²) in [6.45, 7) is 0.0880. The van der Waals surface area contributed by atoms with Crippen LogP contribution in [0.5, 0.6) is 11.5 Å². The van der Waals surface area contributed by atoms with Gasteiger partial charge in [-0.1, -0.05) is 12.1 Å². The van der Waals surface area contributed by atoms with Crippen molar-refractivity contribution in [3.63, 3.8) is 0 Å². The van der Waals surface area contributed by atoms with Gasteiger partial charge in [-0.05, 0) is 35.9 Å². The largest absolute Gasteiger partial charge is 0.493 e. The molecule has 0 heterocycles. The Labute approximate surface area is 163 Å². The van der Waals surface area contributed by atoms with Crippen molar-refractivity contribution in [3.8, 4) is 11.5 Å². The second-order valence-electron chi connectivity index (χ2n) is 6.06. The van der Waals surface area contributed by atoms with Crippen LogP contribution in [0.15, 0.2) is 42.5 Å². The van der Waals surface area contributed by atoms with Gasteiger partial charge in [-0.3, -0.25) is 14.4 Å². The van der Waals surface area contributed by atoms with Gasteiger partial charge in [0.05, 0.1) is 7.11 Å². The molecular formula is C20H23N3O5. The molecule has 8 heteroatoms. The highest BCUT2D eigenvalue weighted by Crippen LogP contribution is 2.28. The summed E-state index contributed by atoms with van der Waals surface area (Å²) in [5.74, 6) is -0.332. The van der Waals surface area contributed by atoms with Crippen LogP contribution in [-0.2, 0) is 11.3 Å². The molecule has 8 nitrogen and oxygen atoms in total. The predicted octanol–water partition coefficient (Wildman–Crippen LogP) is 1.19. The van der Waals surface area contributed by atoms with Gasteiger partial charge >= 0.3 is 0 Å². The van der Waals surface area contributed by atoms with Crippen LogP contribution < -0.4 is 20.5 Å². The number of benzene rings is 2. The third kappa shape index (κ3) is 5.23. The highest BCUT2D eigenvalue weighted by molar-refractivity contribution is 5.95. The number of amides is 3. The molecule has 0 aliphatic carbocycles. The Bertz CT molecular complexity index is 865. The van der Waals surface area contributed by atoms with E-state index in [0.717, 1.165) is 5.56 Å². The number of rotatable bonds is 8. The van der Waals surface area contributed by atoms with Crippen molar-refractivity contribution in [1.29, 1.82) is 0 Å². The van der Waals surface area contributed by atoms with E-state index in [2.05, 4.69) is 5.32 Å². The van der Waals surface area contributed by atoms with Crippen LogP contribution in [-0.4, -0.2) is 50.4 Å². The van der Waals surface area contributed by atoms with E-state index in [4.69, 9.17) is 15.2 Å². The van der Waals surface area contributed by atoms with E-state index in [9.17, 15) is 14.4 Å². The summed E-state index contributed by atoms with van der Waals surface area (Å²) in [5, 5.41) is 2.56. The van der Waals surface area contributed by atoms with Crippen molar-refractivity contribution in [2.24, 2.45) is 5.73 Å². The molecule has 0 unspecified atom stereocenters. The molecule has 0 atom stereocenters. The summed E-state index contributed by atoms with van der Waals surface area (Å²) in [6.07, 6.45) is 0. The van der Waals surface area contributed by atoms with Crippen LogP contribution in [0.4, 0.5) is 0 Å². The quantitative estimate of drug-likeness (QED) is 0.709. The van der Waals surface area contributed by atoms with Crippen LogP contribution in [0.3, 0.4) is 0 Å². The summed E-state index contributed by atoms with van der Waals surface area (Å²) in [5.41, 5.74) is 6.92. The molecule has 0 fully saturated rings. The molecule has 0 bridgehead atoms. The van der Waals surface area contributed by atoms with E-state index >= 15 is 0 Å². The lowest BCUT2D eigenvalue weighted by Gasteiger charge is -2.18. The number of nitrogens with one attached hydrogen (secondary N) is 1. The van der Waals surface area contributed by atoms with Crippen molar-refractivity contribution >= 4 is 17.7 Å². The van der Waals surface area contributed by atoms with Crippen LogP contribution >= 0.6 is 0 Å². The lowest BCUT2D eigenvalue weighted by molar-refractivity contribution is -0.119. The normalized spacial score (nSPS) is 10.1. The first-order chi connectivity index (χ1) is 13.3. The molecule has 0 radical (unpaired) electrons. The highest BCUT2D eigenvalue weighted by atomic mass is 16.5. The molecule has 0 aliphatic heterocycles. The zero-order valence-electron chi connectivity index (χ0n) is 16.0. The number of nitrogens with two attached hydrogens (primary N) is 1. The molecule has 2 aromatic rings. The smallest absolute Gasteiger partial charge is 0.255 e. The Balaban J connectivity index is 2.09. The van der Waals surface area contributed by atoms with Gasteiger partial charge < -0.3 is 25.4 Å². The SMILES string of the molecule is CNC(=O)c1ccc(CN(C)C(=O)c2ccc(OCC(N)=O)c(OC)c2)cc1. The Morgan fingerprint density at radius 2 is 1.68 bits per heavy atom. The molecule has 2 rings (SSSR count). The van der Waals surface area contributed by atoms with E-state index in [1.807, 2.05) is 0 Å². The van der Waals surface area contributed by atoms with Crippen molar-refractivity contribution in [1.82, 2.24) is 10.2 Å². The second kappa shape index (κ2) is 9.40. The molecular weight excluding hydrogens is 362 g/mol. The van der Waals surface area contributed by atoms with E-state index < -0.39 is 5.91 Å². The lowest BCUT2D eigenvalue weighted by Crippen LogP contribution is -2.26. The van der Waals surface area contributed by atoms with Crippen LogP contribution in [0.1, 0.15) is 26.3 Å². The second-order valence-corrected chi connectivity index (χ2v) is 6.06. The summed E-state index contributed by atoms with van der Waals surface area (Å²) >= 11 is 0. The maximum atomic E-state index is 12.7. The Hall–Kier alpha value is -3.55. The molecule has 3 N–H and O–H groups in total. The Kier molecular flexibility index (Phi) is 6.97. The van der Waals surface area contributed by atoms with Crippen LogP contribution in [0.2, 0.25) is 0 Å². The molecule has 0 saturated carbocycles. The monoisotopic (exact) mass is 385 g/mol. The number of primary amides is 1. The minimum atomic E-state index is -0.607. The minimum absolute atomic E-state index is 0.165. The molecule has 0 aliphatic rings. The molecule has 3 amide bonds. The molecule has 0 spiro atoms. The maximum absolute atomic E-state index is 12.7. The van der Waals surface area contributed by atoms with Crippen LogP contribution in [0.25, 0.3) is 0 Å². The first kappa shape index (κ1) is 20.8. The molecule has 28 heavy (non-hydrogen) atoms. The lowest BCUT2D eigenvalue weighted by atomic mass is 10.1. The average molecular weight is 385 g/mol. The number of nitrogens with zero attached hydrogens (tertiary/aromatic N) is 1. The zero-order valence-corrected chi connectivity index (χ0v) is 16.0. The fraction of sp³-hybridized carbons (Fsp3) is 0.250. The topological polar surface area (TPSA) is 111 Å². The predicted molar refractivity (Wildman–Crippen MR) is 103 cm³/mol. The van der Waals surface area contributed by atoms with Gasteiger partial charge in [-0.25, -0.2) is 0 Å². The fourth-order valence-electron chi connectivity index (χ4n) is 2.54. The number of ether oxygens (including phenoxy) is 2. The van der Waals surface area contributed by atoms with Crippen molar-refractivity contribution < 1.29 is 23.9 Å². The van der Waals surface area contributed by atoms with Crippen molar-refractivity contribution in [2.45, 2.75) is 6.54 Å². The molecule has 2 aromatic carbocycles. The van der Waals surface area contributed by atoms with E-state index in [1.165, 1.54) is 7.11 Å². The third-order valence-electron chi connectivity index (χ3n) is 3.99. The van der Waals surface area contributed by atoms with Gasteiger partial charge in [0.15, 0.2) is 18.1 Å². The number of carbonyl (C=O) groups excluding carboxylic acids is 3. The van der Waals surface area contributed by atoms with Gasteiger partial charge in [-0.15, -0.1) is 0 Å². The third-order valence-corrected chi connectivity index (χ3v) is 3.99. The summed E-state index contributed by atoms with van der Waals surface area (Å²) < 4.78 is 10.5. The number of hydrogen-bond donors (Lipinski definition) is 2.